The number of carbonyl (C=O) groups excluding carboxylic acids is 2. The SMILES string of the molecule is CC1(C)CN(C(=O)C#CCNC(=O)OCC2c3ccccc3-c3ccccc32)CC1C(=O)O. The lowest BCUT2D eigenvalue weighted by molar-refractivity contribution is -0.144. The van der Waals surface area contributed by atoms with Crippen molar-refractivity contribution in [1.82, 2.24) is 10.2 Å². The zero-order valence-corrected chi connectivity index (χ0v) is 18.6. The fraction of sp³-hybridized carbons (Fsp3) is 0.346. The van der Waals surface area contributed by atoms with Crippen LogP contribution < -0.4 is 5.32 Å². The van der Waals surface area contributed by atoms with Crippen molar-refractivity contribution in [3.63, 3.8) is 0 Å². The van der Waals surface area contributed by atoms with Crippen LogP contribution in [0.25, 0.3) is 11.1 Å². The van der Waals surface area contributed by atoms with Crippen LogP contribution in [0.5, 0.6) is 0 Å². The maximum absolute atomic E-state index is 12.3. The second-order valence-corrected chi connectivity index (χ2v) is 9.05. The van der Waals surface area contributed by atoms with Crippen molar-refractivity contribution in [2.45, 2.75) is 19.8 Å². The predicted octanol–water partition coefficient (Wildman–Crippen LogP) is 3.10. The van der Waals surface area contributed by atoms with E-state index in [1.54, 1.807) is 0 Å². The average Bonchev–Trinajstić information content (AvgIpc) is 3.29. The monoisotopic (exact) mass is 446 g/mol. The molecule has 0 bridgehead atoms. The van der Waals surface area contributed by atoms with Gasteiger partial charge in [-0.1, -0.05) is 68.3 Å². The summed E-state index contributed by atoms with van der Waals surface area (Å²) in [5, 5.41) is 11.9. The number of nitrogens with one attached hydrogen (secondary N) is 1. The highest BCUT2D eigenvalue weighted by Crippen LogP contribution is 2.44. The zero-order chi connectivity index (χ0) is 23.6. The Labute approximate surface area is 192 Å². The lowest BCUT2D eigenvalue weighted by Gasteiger charge is -2.21. The highest BCUT2D eigenvalue weighted by atomic mass is 16.5. The standard InChI is InChI=1S/C26H26N2O5/c1-26(2)16-28(14-22(26)24(30)31)23(29)12-7-13-27-25(32)33-15-21-19-10-5-3-8-17(19)18-9-4-6-11-20(18)21/h3-6,8-11,21-22H,13-16H2,1-2H3,(H,27,32)(H,30,31). The van der Waals surface area contributed by atoms with Gasteiger partial charge in [-0.15, -0.1) is 0 Å². The number of carboxylic acid groups (broad SMARTS) is 1. The van der Waals surface area contributed by atoms with Crippen LogP contribution in [0.1, 0.15) is 30.9 Å². The number of benzene rings is 2. The van der Waals surface area contributed by atoms with Crippen molar-refractivity contribution >= 4 is 18.0 Å². The number of hydrogen-bond acceptors (Lipinski definition) is 4. The van der Waals surface area contributed by atoms with Crippen LogP contribution in [-0.2, 0) is 14.3 Å². The molecule has 0 radical (unpaired) electrons. The topological polar surface area (TPSA) is 95.9 Å². The zero-order valence-electron chi connectivity index (χ0n) is 18.6. The molecule has 1 fully saturated rings. The molecule has 1 unspecified atom stereocenters. The molecule has 1 saturated heterocycles. The van der Waals surface area contributed by atoms with Gasteiger partial charge in [0.15, 0.2) is 0 Å². The smallest absolute Gasteiger partial charge is 0.407 e. The van der Waals surface area contributed by atoms with Gasteiger partial charge in [-0.05, 0) is 33.6 Å². The number of alkyl carbamates (subject to hydrolysis) is 1. The summed E-state index contributed by atoms with van der Waals surface area (Å²) in [4.78, 5) is 37.3. The third-order valence-corrected chi connectivity index (χ3v) is 6.39. The number of fused-ring (bicyclic) bond motifs is 3. The van der Waals surface area contributed by atoms with E-state index < -0.39 is 29.3 Å². The van der Waals surface area contributed by atoms with Gasteiger partial charge in [0.05, 0.1) is 12.5 Å². The minimum atomic E-state index is -0.916. The fourth-order valence-electron chi connectivity index (χ4n) is 4.67. The van der Waals surface area contributed by atoms with Gasteiger partial charge in [0.1, 0.15) is 6.61 Å². The molecule has 0 aromatic heterocycles. The maximum Gasteiger partial charge on any atom is 0.407 e. The van der Waals surface area contributed by atoms with E-state index in [0.717, 1.165) is 22.3 Å². The van der Waals surface area contributed by atoms with Crippen molar-refractivity contribution in [1.29, 1.82) is 0 Å². The van der Waals surface area contributed by atoms with E-state index in [1.807, 2.05) is 50.2 Å². The van der Waals surface area contributed by atoms with Crippen molar-refractivity contribution in [2.24, 2.45) is 11.3 Å². The quantitative estimate of drug-likeness (QED) is 0.704. The molecule has 170 valence electrons. The number of hydrogen-bond donors (Lipinski definition) is 2. The summed E-state index contributed by atoms with van der Waals surface area (Å²) in [5.41, 5.74) is 4.06. The third-order valence-electron chi connectivity index (χ3n) is 6.39. The number of carbonyl (C=O) groups is 3. The molecule has 2 aromatic carbocycles. The normalized spacial score (nSPS) is 18.0. The van der Waals surface area contributed by atoms with E-state index in [-0.39, 0.29) is 25.6 Å². The summed E-state index contributed by atoms with van der Waals surface area (Å²) in [5.74, 6) is 3.08. The van der Waals surface area contributed by atoms with Crippen LogP contribution in [0.15, 0.2) is 48.5 Å². The first-order valence-corrected chi connectivity index (χ1v) is 10.9. The molecule has 1 aliphatic heterocycles. The van der Waals surface area contributed by atoms with Crippen LogP contribution in [0.4, 0.5) is 4.79 Å². The highest BCUT2D eigenvalue weighted by molar-refractivity contribution is 5.94. The van der Waals surface area contributed by atoms with Crippen LogP contribution in [-0.4, -0.2) is 54.2 Å². The largest absolute Gasteiger partial charge is 0.481 e. The molecule has 2 amide bonds. The molecule has 1 heterocycles. The van der Waals surface area contributed by atoms with E-state index in [0.29, 0.717) is 6.54 Å². The predicted molar refractivity (Wildman–Crippen MR) is 122 cm³/mol. The molecular weight excluding hydrogens is 420 g/mol. The Morgan fingerprint density at radius 1 is 1.09 bits per heavy atom. The maximum atomic E-state index is 12.3. The number of carboxylic acids is 1. The summed E-state index contributed by atoms with van der Waals surface area (Å²) in [6.45, 7) is 4.27. The number of amides is 2. The van der Waals surface area contributed by atoms with Gasteiger partial charge in [-0.2, -0.15) is 0 Å². The summed E-state index contributed by atoms with van der Waals surface area (Å²) >= 11 is 0. The van der Waals surface area contributed by atoms with Crippen LogP contribution >= 0.6 is 0 Å². The van der Waals surface area contributed by atoms with Crippen molar-refractivity contribution in [3.8, 4) is 23.0 Å². The minimum Gasteiger partial charge on any atom is -0.481 e. The average molecular weight is 447 g/mol. The summed E-state index contributed by atoms with van der Waals surface area (Å²) < 4.78 is 5.44. The number of nitrogens with zero attached hydrogens (tertiary/aromatic N) is 1. The molecule has 7 nitrogen and oxygen atoms in total. The molecule has 7 heteroatoms. The number of aliphatic carboxylic acids is 1. The number of rotatable bonds is 4. The van der Waals surface area contributed by atoms with Gasteiger partial charge in [0.25, 0.3) is 5.91 Å². The first-order chi connectivity index (χ1) is 15.8. The molecule has 33 heavy (non-hydrogen) atoms. The fourth-order valence-corrected chi connectivity index (χ4v) is 4.67. The first-order valence-electron chi connectivity index (χ1n) is 10.9. The van der Waals surface area contributed by atoms with Gasteiger partial charge in [-0.25, -0.2) is 4.79 Å². The van der Waals surface area contributed by atoms with Gasteiger partial charge in [0.2, 0.25) is 0 Å². The molecule has 2 aromatic rings. The Kier molecular flexibility index (Phi) is 6.10. The van der Waals surface area contributed by atoms with E-state index in [2.05, 4.69) is 29.3 Å². The van der Waals surface area contributed by atoms with Gasteiger partial charge < -0.3 is 20.1 Å². The van der Waals surface area contributed by atoms with Crippen LogP contribution in [0, 0.1) is 23.2 Å². The Bertz CT molecular complexity index is 1120. The summed E-state index contributed by atoms with van der Waals surface area (Å²) in [6, 6.07) is 16.2. The summed E-state index contributed by atoms with van der Waals surface area (Å²) in [6.07, 6.45) is -0.605. The lowest BCUT2D eigenvalue weighted by Crippen LogP contribution is -2.29. The Morgan fingerprint density at radius 3 is 2.27 bits per heavy atom. The first kappa shape index (κ1) is 22.4. The van der Waals surface area contributed by atoms with E-state index in [1.165, 1.54) is 4.90 Å². The van der Waals surface area contributed by atoms with Crippen LogP contribution in [0.3, 0.4) is 0 Å². The van der Waals surface area contributed by atoms with Gasteiger partial charge in [-0.3, -0.25) is 9.59 Å². The van der Waals surface area contributed by atoms with E-state index in [9.17, 15) is 19.5 Å². The highest BCUT2D eigenvalue weighted by Gasteiger charge is 2.45. The second-order valence-electron chi connectivity index (χ2n) is 9.05. The van der Waals surface area contributed by atoms with Crippen LogP contribution in [0.2, 0.25) is 0 Å². The molecule has 0 saturated carbocycles. The molecule has 2 N–H and O–H groups in total. The Morgan fingerprint density at radius 2 is 1.70 bits per heavy atom. The number of ether oxygens (including phenoxy) is 1. The Balaban J connectivity index is 1.28. The van der Waals surface area contributed by atoms with Gasteiger partial charge >= 0.3 is 12.1 Å². The van der Waals surface area contributed by atoms with Gasteiger partial charge in [0, 0.05) is 19.0 Å². The van der Waals surface area contributed by atoms with Crippen molar-refractivity contribution < 1.29 is 24.2 Å². The number of likely N-dealkylation sites (tertiary alicyclic amines) is 1. The minimum absolute atomic E-state index is 0.0310. The van der Waals surface area contributed by atoms with E-state index in [4.69, 9.17) is 4.74 Å². The third kappa shape index (κ3) is 4.56. The molecule has 2 aliphatic rings. The van der Waals surface area contributed by atoms with E-state index >= 15 is 0 Å². The molecular formula is C26H26N2O5. The molecule has 1 atom stereocenters. The molecule has 0 spiro atoms. The molecule has 4 rings (SSSR count). The molecule has 1 aliphatic carbocycles. The Hall–Kier alpha value is -3.79. The lowest BCUT2D eigenvalue weighted by atomic mass is 9.82. The summed E-state index contributed by atoms with van der Waals surface area (Å²) in [7, 11) is 0. The van der Waals surface area contributed by atoms with Crippen molar-refractivity contribution in [3.05, 3.63) is 59.7 Å². The van der Waals surface area contributed by atoms with Crippen molar-refractivity contribution in [2.75, 3.05) is 26.2 Å². The second kappa shape index (κ2) is 8.99.